The Labute approximate surface area is 252 Å². The predicted molar refractivity (Wildman–Crippen MR) is 166 cm³/mol. The molecular formula is C35H37N3O5. The quantitative estimate of drug-likeness (QED) is 0.118. The van der Waals surface area contributed by atoms with Crippen LogP contribution >= 0.6 is 0 Å². The zero-order valence-corrected chi connectivity index (χ0v) is 24.6. The van der Waals surface area contributed by atoms with Crippen molar-refractivity contribution in [3.63, 3.8) is 0 Å². The highest BCUT2D eigenvalue weighted by atomic mass is 16.5. The molecule has 0 bridgehead atoms. The van der Waals surface area contributed by atoms with Gasteiger partial charge in [0.2, 0.25) is 0 Å². The number of hydrogen-bond donors (Lipinski definition) is 2. The van der Waals surface area contributed by atoms with Gasteiger partial charge in [0.05, 0.1) is 6.61 Å². The highest BCUT2D eigenvalue weighted by Gasteiger charge is 2.21. The SMILES string of the molecule is CCCCCCCOc1ccc(-c2cnc(-c3ccc(C[C@H](NC(=O)c4ccc(C(C)=O)cc4)C(=O)O)cc3)nc2)cc1. The summed E-state index contributed by atoms with van der Waals surface area (Å²) in [5.74, 6) is -0.369. The number of ketones is 1. The Morgan fingerprint density at radius 3 is 1.98 bits per heavy atom. The number of aliphatic carboxylic acids is 1. The lowest BCUT2D eigenvalue weighted by molar-refractivity contribution is -0.139. The molecule has 3 aromatic carbocycles. The fourth-order valence-corrected chi connectivity index (χ4v) is 4.59. The minimum absolute atomic E-state index is 0.102. The second-order valence-corrected chi connectivity index (χ2v) is 10.5. The van der Waals surface area contributed by atoms with Gasteiger partial charge in [0.25, 0.3) is 5.91 Å². The van der Waals surface area contributed by atoms with Gasteiger partial charge in [-0.15, -0.1) is 0 Å². The maximum atomic E-state index is 12.6. The summed E-state index contributed by atoms with van der Waals surface area (Å²) in [5.41, 5.74) is 4.18. The number of ether oxygens (including phenoxy) is 1. The van der Waals surface area contributed by atoms with E-state index in [-0.39, 0.29) is 17.8 Å². The first-order chi connectivity index (χ1) is 20.8. The Kier molecular flexibility index (Phi) is 11.1. The highest BCUT2D eigenvalue weighted by Crippen LogP contribution is 2.24. The molecule has 0 aliphatic rings. The molecule has 8 nitrogen and oxygen atoms in total. The lowest BCUT2D eigenvalue weighted by Gasteiger charge is -2.15. The van der Waals surface area contributed by atoms with Crippen LogP contribution in [0.5, 0.6) is 5.75 Å². The van der Waals surface area contributed by atoms with Crippen LogP contribution in [0.4, 0.5) is 0 Å². The van der Waals surface area contributed by atoms with E-state index in [2.05, 4.69) is 22.2 Å². The maximum Gasteiger partial charge on any atom is 0.326 e. The van der Waals surface area contributed by atoms with E-state index in [1.807, 2.05) is 36.4 Å². The molecule has 1 atom stereocenters. The van der Waals surface area contributed by atoms with E-state index >= 15 is 0 Å². The molecule has 4 aromatic rings. The molecule has 0 radical (unpaired) electrons. The summed E-state index contributed by atoms with van der Waals surface area (Å²) in [4.78, 5) is 45.0. The Bertz CT molecular complexity index is 1500. The minimum atomic E-state index is -1.14. The molecule has 0 spiro atoms. The summed E-state index contributed by atoms with van der Waals surface area (Å²) in [6.45, 7) is 4.37. The van der Waals surface area contributed by atoms with Gasteiger partial charge in [-0.25, -0.2) is 14.8 Å². The van der Waals surface area contributed by atoms with Gasteiger partial charge in [-0.1, -0.05) is 81.1 Å². The second kappa shape index (κ2) is 15.4. The number of carboxylic acid groups (broad SMARTS) is 1. The molecule has 0 fully saturated rings. The van der Waals surface area contributed by atoms with E-state index in [0.29, 0.717) is 11.4 Å². The normalized spacial score (nSPS) is 11.5. The van der Waals surface area contributed by atoms with E-state index < -0.39 is 17.9 Å². The van der Waals surface area contributed by atoms with Crippen LogP contribution in [-0.4, -0.2) is 45.4 Å². The molecular weight excluding hydrogens is 542 g/mol. The number of carboxylic acids is 1. The van der Waals surface area contributed by atoms with Crippen LogP contribution in [0.3, 0.4) is 0 Å². The average molecular weight is 580 g/mol. The first-order valence-corrected chi connectivity index (χ1v) is 14.6. The third kappa shape index (κ3) is 9.07. The van der Waals surface area contributed by atoms with Crippen molar-refractivity contribution in [3.05, 3.63) is 102 Å². The largest absolute Gasteiger partial charge is 0.494 e. The van der Waals surface area contributed by atoms with E-state index in [9.17, 15) is 19.5 Å². The highest BCUT2D eigenvalue weighted by molar-refractivity contribution is 5.99. The monoisotopic (exact) mass is 579 g/mol. The van der Waals surface area contributed by atoms with Crippen LogP contribution in [0.1, 0.15) is 72.2 Å². The molecule has 1 heterocycles. The number of rotatable bonds is 15. The molecule has 0 saturated heterocycles. The predicted octanol–water partition coefficient (Wildman–Crippen LogP) is 6.79. The molecule has 0 aliphatic heterocycles. The molecule has 8 heteroatoms. The van der Waals surface area contributed by atoms with Crippen molar-refractivity contribution >= 4 is 17.7 Å². The molecule has 43 heavy (non-hydrogen) atoms. The number of carbonyl (C=O) groups excluding carboxylic acids is 2. The van der Waals surface area contributed by atoms with Crippen molar-refractivity contribution in [1.82, 2.24) is 15.3 Å². The summed E-state index contributed by atoms with van der Waals surface area (Å²) in [6.07, 6.45) is 9.68. The molecule has 222 valence electrons. The Morgan fingerprint density at radius 1 is 0.767 bits per heavy atom. The molecule has 4 rings (SSSR count). The van der Waals surface area contributed by atoms with Crippen molar-refractivity contribution in [1.29, 1.82) is 0 Å². The van der Waals surface area contributed by atoms with Crippen LogP contribution in [0, 0.1) is 0 Å². The van der Waals surface area contributed by atoms with Crippen molar-refractivity contribution < 1.29 is 24.2 Å². The van der Waals surface area contributed by atoms with Gasteiger partial charge in [-0.3, -0.25) is 9.59 Å². The fraction of sp³-hybridized carbons (Fsp3) is 0.286. The number of benzene rings is 3. The minimum Gasteiger partial charge on any atom is -0.494 e. The van der Waals surface area contributed by atoms with E-state index in [1.54, 1.807) is 36.7 Å². The number of Topliss-reactive ketones (excluding diaryl/α,β-unsaturated/α-hetero) is 1. The standard InChI is InChI=1S/C35H37N3O5/c1-3-4-5-6-7-20-43-31-18-16-27(17-19-31)30-22-36-33(37-23-30)28-10-8-25(9-11-28)21-32(35(41)42)38-34(40)29-14-12-26(13-15-29)24(2)39/h8-19,22-23,32H,3-7,20-21H2,1-2H3,(H,38,40)(H,41,42)/t32-/m0/s1. The Hall–Kier alpha value is -4.85. The van der Waals surface area contributed by atoms with Crippen molar-refractivity contribution in [3.8, 4) is 28.3 Å². The number of nitrogens with one attached hydrogen (secondary N) is 1. The summed E-state index contributed by atoms with van der Waals surface area (Å²) in [5, 5.41) is 12.3. The van der Waals surface area contributed by atoms with Gasteiger partial charge in [-0.05, 0) is 48.7 Å². The summed E-state index contributed by atoms with van der Waals surface area (Å²) in [7, 11) is 0. The molecule has 0 saturated carbocycles. The van der Waals surface area contributed by atoms with E-state index in [4.69, 9.17) is 4.74 Å². The Morgan fingerprint density at radius 2 is 1.37 bits per heavy atom. The van der Waals surface area contributed by atoms with Crippen LogP contribution in [0.2, 0.25) is 0 Å². The van der Waals surface area contributed by atoms with Gasteiger partial charge >= 0.3 is 5.97 Å². The van der Waals surface area contributed by atoms with Crippen LogP contribution in [-0.2, 0) is 11.2 Å². The number of amides is 1. The number of carbonyl (C=O) groups is 3. The molecule has 0 aliphatic carbocycles. The van der Waals surface area contributed by atoms with Crippen LogP contribution < -0.4 is 10.1 Å². The van der Waals surface area contributed by atoms with Gasteiger partial charge in [0.15, 0.2) is 11.6 Å². The summed E-state index contributed by atoms with van der Waals surface area (Å²) in [6, 6.07) is 20.2. The molecule has 1 amide bonds. The second-order valence-electron chi connectivity index (χ2n) is 10.5. The van der Waals surface area contributed by atoms with E-state index in [0.717, 1.165) is 41.0 Å². The third-order valence-electron chi connectivity index (χ3n) is 7.17. The Balaban J connectivity index is 1.32. The first kappa shape index (κ1) is 31.1. The summed E-state index contributed by atoms with van der Waals surface area (Å²) >= 11 is 0. The van der Waals surface area contributed by atoms with Gasteiger partial charge < -0.3 is 15.2 Å². The lowest BCUT2D eigenvalue weighted by atomic mass is 10.0. The van der Waals surface area contributed by atoms with Crippen molar-refractivity contribution in [2.45, 2.75) is 58.4 Å². The molecule has 1 aromatic heterocycles. The van der Waals surface area contributed by atoms with Crippen LogP contribution in [0.15, 0.2) is 85.2 Å². The third-order valence-corrected chi connectivity index (χ3v) is 7.17. The summed E-state index contributed by atoms with van der Waals surface area (Å²) < 4.78 is 5.86. The first-order valence-electron chi connectivity index (χ1n) is 14.6. The van der Waals surface area contributed by atoms with Crippen molar-refractivity contribution in [2.24, 2.45) is 0 Å². The van der Waals surface area contributed by atoms with E-state index in [1.165, 1.54) is 44.7 Å². The van der Waals surface area contributed by atoms with Gasteiger partial charge in [-0.2, -0.15) is 0 Å². The topological polar surface area (TPSA) is 118 Å². The zero-order valence-electron chi connectivity index (χ0n) is 24.6. The number of aromatic nitrogens is 2. The van der Waals surface area contributed by atoms with Crippen LogP contribution in [0.25, 0.3) is 22.5 Å². The molecule has 2 N–H and O–H groups in total. The molecule has 0 unspecified atom stereocenters. The maximum absolute atomic E-state index is 12.6. The van der Waals surface area contributed by atoms with Crippen molar-refractivity contribution in [2.75, 3.05) is 6.61 Å². The number of nitrogens with zero attached hydrogens (tertiary/aromatic N) is 2. The lowest BCUT2D eigenvalue weighted by Crippen LogP contribution is -2.42. The smallest absolute Gasteiger partial charge is 0.326 e. The fourth-order valence-electron chi connectivity index (χ4n) is 4.59. The van der Waals surface area contributed by atoms with Gasteiger partial charge in [0.1, 0.15) is 11.8 Å². The average Bonchev–Trinajstić information content (AvgIpc) is 3.03. The number of hydrogen-bond acceptors (Lipinski definition) is 6. The van der Waals surface area contributed by atoms with Gasteiger partial charge in [0, 0.05) is 41.1 Å². The number of unbranched alkanes of at least 4 members (excludes halogenated alkanes) is 4. The zero-order chi connectivity index (χ0) is 30.6.